The lowest BCUT2D eigenvalue weighted by molar-refractivity contribution is 0.335. The van der Waals surface area contributed by atoms with Gasteiger partial charge in [0.05, 0.1) is 20.5 Å². The minimum Gasteiger partial charge on any atom is -0.505 e. The number of hydrogen-bond acceptors (Lipinski definition) is 2. The highest BCUT2D eigenvalue weighted by Gasteiger charge is 2.41. The number of benzene rings is 1. The van der Waals surface area contributed by atoms with Crippen molar-refractivity contribution in [2.45, 2.75) is 18.3 Å². The zero-order valence-corrected chi connectivity index (χ0v) is 9.19. The monoisotopic (exact) mass is 204 g/mol. The second-order valence-electron chi connectivity index (χ2n) is 3.92. The van der Waals surface area contributed by atoms with Crippen molar-refractivity contribution in [1.82, 2.24) is 0 Å². The topological polar surface area (TPSA) is 18.5 Å². The van der Waals surface area contributed by atoms with Gasteiger partial charge in [-0.3, -0.25) is 0 Å². The van der Waals surface area contributed by atoms with Gasteiger partial charge in [-0.2, -0.15) is 0 Å². The van der Waals surface area contributed by atoms with Crippen molar-refractivity contribution in [3.63, 3.8) is 0 Å². The van der Waals surface area contributed by atoms with Crippen molar-refractivity contribution in [3.8, 4) is 5.75 Å². The molecule has 0 unspecified atom stereocenters. The van der Waals surface area contributed by atoms with Gasteiger partial charge in [-0.25, -0.2) is 0 Å². The Bertz CT molecular complexity index is 347. The Morgan fingerprint density at radius 3 is 2.27 bits per heavy atom. The van der Waals surface area contributed by atoms with Crippen LogP contribution in [0.5, 0.6) is 5.75 Å². The van der Waals surface area contributed by atoms with Gasteiger partial charge in [0.2, 0.25) is 0 Å². The van der Waals surface area contributed by atoms with Crippen LogP contribution in [0.25, 0.3) is 0 Å². The van der Waals surface area contributed by atoms with E-state index in [4.69, 9.17) is 9.47 Å². The van der Waals surface area contributed by atoms with Crippen LogP contribution >= 0.6 is 0 Å². The van der Waals surface area contributed by atoms with E-state index in [0.29, 0.717) is 0 Å². The summed E-state index contributed by atoms with van der Waals surface area (Å²) in [5, 5.41) is 0. The first-order valence-electron chi connectivity index (χ1n) is 5.16. The van der Waals surface area contributed by atoms with Gasteiger partial charge in [0.1, 0.15) is 5.75 Å². The molecule has 2 rings (SSSR count). The summed E-state index contributed by atoms with van der Waals surface area (Å²) in [5.41, 5.74) is 1.57. The van der Waals surface area contributed by atoms with Gasteiger partial charge >= 0.3 is 0 Å². The molecule has 1 aromatic carbocycles. The zero-order valence-electron chi connectivity index (χ0n) is 9.19. The molecule has 0 N–H and O–H groups in total. The second-order valence-corrected chi connectivity index (χ2v) is 3.92. The summed E-state index contributed by atoms with van der Waals surface area (Å²) in [4.78, 5) is 0. The Kier molecular flexibility index (Phi) is 2.67. The molecule has 0 aromatic heterocycles. The number of ether oxygens (including phenoxy) is 2. The minimum atomic E-state index is 0.224. The summed E-state index contributed by atoms with van der Waals surface area (Å²) in [6.45, 7) is 0. The lowest BCUT2D eigenvalue weighted by Gasteiger charge is -2.10. The van der Waals surface area contributed by atoms with Crippen LogP contribution in [0.3, 0.4) is 0 Å². The van der Waals surface area contributed by atoms with Crippen molar-refractivity contribution in [2.75, 3.05) is 14.2 Å². The van der Waals surface area contributed by atoms with Crippen molar-refractivity contribution in [2.24, 2.45) is 0 Å². The molecule has 0 bridgehead atoms. The predicted octanol–water partition coefficient (Wildman–Crippen LogP) is 2.89. The molecule has 1 saturated carbocycles. The fraction of sp³-hybridized carbons (Fsp3) is 0.385. The molecule has 15 heavy (non-hydrogen) atoms. The van der Waals surface area contributed by atoms with Crippen LogP contribution in [0.4, 0.5) is 0 Å². The number of allylic oxidation sites excluding steroid dienone is 1. The van der Waals surface area contributed by atoms with Gasteiger partial charge in [-0.05, 0) is 36.6 Å². The second kappa shape index (κ2) is 3.97. The summed E-state index contributed by atoms with van der Waals surface area (Å²) in [5.74, 6) is 0.908. The van der Waals surface area contributed by atoms with Crippen molar-refractivity contribution in [1.29, 1.82) is 0 Å². The minimum absolute atomic E-state index is 0.224. The molecule has 1 aliphatic carbocycles. The van der Waals surface area contributed by atoms with Crippen LogP contribution in [-0.4, -0.2) is 14.2 Å². The Hall–Kier alpha value is -1.44. The van der Waals surface area contributed by atoms with Crippen LogP contribution in [0, 0.1) is 0 Å². The van der Waals surface area contributed by atoms with E-state index in [1.165, 1.54) is 18.4 Å². The largest absolute Gasteiger partial charge is 0.505 e. The molecule has 0 heterocycles. The fourth-order valence-electron chi connectivity index (χ4n) is 1.81. The first-order chi connectivity index (χ1) is 7.30. The molecule has 0 radical (unpaired) electrons. The average molecular weight is 204 g/mol. The summed E-state index contributed by atoms with van der Waals surface area (Å²) in [7, 11) is 3.37. The molecule has 0 saturated heterocycles. The summed E-state index contributed by atoms with van der Waals surface area (Å²) < 4.78 is 10.1. The number of methoxy groups -OCH3 is 2. The van der Waals surface area contributed by atoms with E-state index < -0.39 is 0 Å². The van der Waals surface area contributed by atoms with E-state index >= 15 is 0 Å². The third kappa shape index (κ3) is 1.99. The first-order valence-corrected chi connectivity index (χ1v) is 5.16. The van der Waals surface area contributed by atoms with Gasteiger partial charge in [-0.15, -0.1) is 0 Å². The van der Waals surface area contributed by atoms with Crippen LogP contribution in [0.2, 0.25) is 0 Å². The quantitative estimate of drug-likeness (QED) is 0.702. The Morgan fingerprint density at radius 2 is 1.80 bits per heavy atom. The average Bonchev–Trinajstić information content (AvgIpc) is 3.08. The Balaban J connectivity index is 2.18. The molecule has 0 atom stereocenters. The van der Waals surface area contributed by atoms with E-state index in [9.17, 15) is 0 Å². The molecule has 0 aliphatic heterocycles. The summed E-state index contributed by atoms with van der Waals surface area (Å²) in [6.07, 6.45) is 6.34. The Labute approximate surface area is 90.5 Å². The van der Waals surface area contributed by atoms with Crippen molar-refractivity contribution < 1.29 is 9.47 Å². The molecule has 2 heteroatoms. The molecular weight excluding hydrogens is 188 g/mol. The van der Waals surface area contributed by atoms with Gasteiger partial charge in [0.25, 0.3) is 0 Å². The van der Waals surface area contributed by atoms with Gasteiger partial charge < -0.3 is 9.47 Å². The van der Waals surface area contributed by atoms with Crippen molar-refractivity contribution >= 4 is 0 Å². The van der Waals surface area contributed by atoms with E-state index in [0.717, 1.165) is 5.75 Å². The third-order valence-electron chi connectivity index (χ3n) is 2.98. The molecular formula is C13H16O2. The molecule has 2 nitrogen and oxygen atoms in total. The fourth-order valence-corrected chi connectivity index (χ4v) is 1.81. The van der Waals surface area contributed by atoms with E-state index in [-0.39, 0.29) is 5.41 Å². The summed E-state index contributed by atoms with van der Waals surface area (Å²) >= 11 is 0. The van der Waals surface area contributed by atoms with E-state index in [2.05, 4.69) is 18.2 Å². The summed E-state index contributed by atoms with van der Waals surface area (Å²) in [6, 6.07) is 8.28. The van der Waals surface area contributed by atoms with Gasteiger partial charge in [-0.1, -0.05) is 12.1 Å². The van der Waals surface area contributed by atoms with Crippen LogP contribution in [-0.2, 0) is 10.2 Å². The maximum absolute atomic E-state index is 5.14. The standard InChI is InChI=1S/C13H16O2/c1-14-10-9-13(7-8-13)11-3-5-12(15-2)6-4-11/h3-6,9-10H,7-8H2,1-2H3/b10-9+. The smallest absolute Gasteiger partial charge is 0.118 e. The SMILES string of the molecule is CO/C=C/C1(c2ccc(OC)cc2)CC1. The first kappa shape index (κ1) is 10.1. The maximum atomic E-state index is 5.14. The normalized spacial score (nSPS) is 17.7. The molecule has 0 spiro atoms. The van der Waals surface area contributed by atoms with E-state index in [1.54, 1.807) is 20.5 Å². The van der Waals surface area contributed by atoms with Crippen LogP contribution in [0.15, 0.2) is 36.6 Å². The lowest BCUT2D eigenvalue weighted by atomic mass is 9.96. The third-order valence-corrected chi connectivity index (χ3v) is 2.98. The molecule has 80 valence electrons. The molecule has 1 aliphatic rings. The molecule has 1 fully saturated rings. The molecule has 0 amide bonds. The predicted molar refractivity (Wildman–Crippen MR) is 60.1 cm³/mol. The maximum Gasteiger partial charge on any atom is 0.118 e. The Morgan fingerprint density at radius 1 is 1.13 bits per heavy atom. The highest BCUT2D eigenvalue weighted by Crippen LogP contribution is 2.49. The highest BCUT2D eigenvalue weighted by atomic mass is 16.5. The zero-order chi connectivity index (χ0) is 10.7. The number of rotatable bonds is 4. The van der Waals surface area contributed by atoms with Crippen molar-refractivity contribution in [3.05, 3.63) is 42.2 Å². The van der Waals surface area contributed by atoms with Crippen LogP contribution < -0.4 is 4.74 Å². The van der Waals surface area contributed by atoms with E-state index in [1.807, 2.05) is 12.1 Å². The van der Waals surface area contributed by atoms with Gasteiger partial charge in [0.15, 0.2) is 0 Å². The highest BCUT2D eigenvalue weighted by molar-refractivity contribution is 5.39. The number of hydrogen-bond donors (Lipinski definition) is 0. The molecule has 1 aromatic rings. The van der Waals surface area contributed by atoms with Crippen LogP contribution in [0.1, 0.15) is 18.4 Å². The lowest BCUT2D eigenvalue weighted by Crippen LogP contribution is -2.01. The van der Waals surface area contributed by atoms with Gasteiger partial charge in [0, 0.05) is 5.41 Å².